The first-order valence-corrected chi connectivity index (χ1v) is 16.3. The molecule has 0 radical (unpaired) electrons. The summed E-state index contributed by atoms with van der Waals surface area (Å²) in [5.41, 5.74) is 10.2. The second-order valence-electron chi connectivity index (χ2n) is 11.6. The van der Waals surface area contributed by atoms with Gasteiger partial charge in [0.1, 0.15) is 33.9 Å². The van der Waals surface area contributed by atoms with E-state index in [2.05, 4.69) is 9.88 Å². The van der Waals surface area contributed by atoms with Crippen LogP contribution in [0.5, 0.6) is 5.75 Å². The van der Waals surface area contributed by atoms with Crippen LogP contribution in [0.15, 0.2) is 73.2 Å². The number of benzene rings is 2. The maximum absolute atomic E-state index is 12.3. The SMILES string of the molecule is CC(C)COC(=O)N1CCN(c2ccc(-c3ccc4c(c3)ncn4-c3cc(O[C@H](C)c4ccccc4Cl)c(C(N)=O)s3)cn2)CC1. The third kappa shape index (κ3) is 6.66. The van der Waals surface area contributed by atoms with Crippen molar-refractivity contribution in [2.75, 3.05) is 37.7 Å². The number of hydrogen-bond acceptors (Lipinski definition) is 8. The Morgan fingerprint density at radius 1 is 0.978 bits per heavy atom. The number of thiophene rings is 1. The van der Waals surface area contributed by atoms with Crippen LogP contribution >= 0.6 is 22.9 Å². The predicted molar refractivity (Wildman–Crippen MR) is 181 cm³/mol. The van der Waals surface area contributed by atoms with Gasteiger partial charge in [-0.15, -0.1) is 11.3 Å². The molecule has 2 aromatic carbocycles. The quantitative estimate of drug-likeness (QED) is 0.182. The number of aromatic nitrogens is 3. The zero-order valence-electron chi connectivity index (χ0n) is 25.9. The summed E-state index contributed by atoms with van der Waals surface area (Å²) < 4.78 is 13.5. The molecule has 46 heavy (non-hydrogen) atoms. The number of rotatable bonds is 9. The third-order valence-corrected chi connectivity index (χ3v) is 9.30. The Kier molecular flexibility index (Phi) is 9.14. The molecule has 10 nitrogen and oxygen atoms in total. The van der Waals surface area contributed by atoms with E-state index in [1.807, 2.05) is 86.1 Å². The lowest BCUT2D eigenvalue weighted by molar-refractivity contribution is 0.0900. The van der Waals surface area contributed by atoms with Crippen molar-refractivity contribution in [3.63, 3.8) is 0 Å². The highest BCUT2D eigenvalue weighted by Gasteiger charge is 2.24. The summed E-state index contributed by atoms with van der Waals surface area (Å²) in [6.07, 6.45) is 2.95. The van der Waals surface area contributed by atoms with Gasteiger partial charge in [-0.1, -0.05) is 49.7 Å². The van der Waals surface area contributed by atoms with Gasteiger partial charge in [0.2, 0.25) is 0 Å². The summed E-state index contributed by atoms with van der Waals surface area (Å²) in [5, 5.41) is 1.34. The number of imidazole rings is 1. The number of halogens is 1. The Morgan fingerprint density at radius 2 is 1.74 bits per heavy atom. The molecule has 1 aliphatic heterocycles. The zero-order valence-corrected chi connectivity index (χ0v) is 27.4. The third-order valence-electron chi connectivity index (χ3n) is 7.82. The average Bonchev–Trinajstić information content (AvgIpc) is 3.68. The summed E-state index contributed by atoms with van der Waals surface area (Å²) in [5.74, 6) is 1.02. The lowest BCUT2D eigenvalue weighted by Gasteiger charge is -2.34. The number of nitrogens with zero attached hydrogens (tertiary/aromatic N) is 5. The average molecular weight is 659 g/mol. The fraction of sp³-hybridized carbons (Fsp3) is 0.294. The van der Waals surface area contributed by atoms with E-state index in [-0.39, 0.29) is 12.2 Å². The van der Waals surface area contributed by atoms with Crippen LogP contribution in [0.4, 0.5) is 10.6 Å². The molecule has 6 rings (SSSR count). The minimum Gasteiger partial charge on any atom is -0.484 e. The van der Waals surface area contributed by atoms with Crippen molar-refractivity contribution in [2.45, 2.75) is 26.9 Å². The first-order chi connectivity index (χ1) is 22.2. The molecule has 1 aliphatic rings. The number of fused-ring (bicyclic) bond motifs is 1. The fourth-order valence-electron chi connectivity index (χ4n) is 5.36. The van der Waals surface area contributed by atoms with Gasteiger partial charge in [0, 0.05) is 54.6 Å². The van der Waals surface area contributed by atoms with Crippen molar-refractivity contribution in [3.8, 4) is 21.9 Å². The summed E-state index contributed by atoms with van der Waals surface area (Å²) >= 11 is 7.62. The molecule has 2 amide bonds. The molecule has 0 spiro atoms. The first-order valence-electron chi connectivity index (χ1n) is 15.1. The lowest BCUT2D eigenvalue weighted by atomic mass is 10.1. The van der Waals surface area contributed by atoms with Crippen LogP contribution < -0.4 is 15.4 Å². The monoisotopic (exact) mass is 658 g/mol. The Bertz CT molecular complexity index is 1860. The van der Waals surface area contributed by atoms with Crippen LogP contribution in [0.25, 0.3) is 27.2 Å². The van der Waals surface area contributed by atoms with Gasteiger partial charge in [-0.2, -0.15) is 0 Å². The number of primary amides is 1. The molecule has 1 fully saturated rings. The van der Waals surface area contributed by atoms with E-state index in [9.17, 15) is 9.59 Å². The Morgan fingerprint density at radius 3 is 2.43 bits per heavy atom. The number of carbonyl (C=O) groups excluding carboxylic acids is 2. The van der Waals surface area contributed by atoms with E-state index in [4.69, 9.17) is 31.8 Å². The molecule has 0 unspecified atom stereocenters. The van der Waals surface area contributed by atoms with Crippen molar-refractivity contribution in [3.05, 3.63) is 88.7 Å². The van der Waals surface area contributed by atoms with Crippen LogP contribution in [0.3, 0.4) is 0 Å². The van der Waals surface area contributed by atoms with Gasteiger partial charge in [0.15, 0.2) is 0 Å². The summed E-state index contributed by atoms with van der Waals surface area (Å²) in [6.45, 7) is 8.93. The smallest absolute Gasteiger partial charge is 0.409 e. The lowest BCUT2D eigenvalue weighted by Crippen LogP contribution is -2.49. The number of anilines is 1. The van der Waals surface area contributed by atoms with Crippen LogP contribution in [0.1, 0.15) is 42.1 Å². The normalized spacial score (nSPS) is 14.1. The van der Waals surface area contributed by atoms with E-state index in [1.165, 1.54) is 11.3 Å². The van der Waals surface area contributed by atoms with Crippen molar-refractivity contribution < 1.29 is 19.1 Å². The highest BCUT2D eigenvalue weighted by atomic mass is 35.5. The second-order valence-corrected chi connectivity index (χ2v) is 13.0. The van der Waals surface area contributed by atoms with E-state index >= 15 is 0 Å². The van der Waals surface area contributed by atoms with Gasteiger partial charge >= 0.3 is 6.09 Å². The summed E-state index contributed by atoms with van der Waals surface area (Å²) in [7, 11) is 0. The number of nitrogens with two attached hydrogens (primary N) is 1. The molecular weight excluding hydrogens is 624 g/mol. The van der Waals surface area contributed by atoms with Crippen LogP contribution in [0, 0.1) is 5.92 Å². The molecule has 2 N–H and O–H groups in total. The zero-order chi connectivity index (χ0) is 32.4. The highest BCUT2D eigenvalue weighted by Crippen LogP contribution is 2.37. The maximum atomic E-state index is 12.3. The molecule has 238 valence electrons. The molecule has 12 heteroatoms. The van der Waals surface area contributed by atoms with Gasteiger partial charge < -0.3 is 25.0 Å². The first kappa shape index (κ1) is 31.4. The number of pyridine rings is 1. The fourth-order valence-corrected chi connectivity index (χ4v) is 6.57. The Hall–Kier alpha value is -4.61. The van der Waals surface area contributed by atoms with Crippen LogP contribution in [0.2, 0.25) is 5.02 Å². The molecule has 5 aromatic rings. The van der Waals surface area contributed by atoms with Crippen molar-refractivity contribution in [1.82, 2.24) is 19.4 Å². The molecular formula is C34H35ClN6O4S. The van der Waals surface area contributed by atoms with E-state index < -0.39 is 5.91 Å². The molecule has 0 saturated carbocycles. The van der Waals surface area contributed by atoms with Crippen LogP contribution in [-0.2, 0) is 4.74 Å². The van der Waals surface area contributed by atoms with Crippen LogP contribution in [-0.4, -0.2) is 64.2 Å². The molecule has 1 atom stereocenters. The Labute approximate surface area is 276 Å². The molecule has 0 aliphatic carbocycles. The van der Waals surface area contributed by atoms with Gasteiger partial charge in [-0.3, -0.25) is 9.36 Å². The molecule has 0 bridgehead atoms. The van der Waals surface area contributed by atoms with E-state index in [0.29, 0.717) is 54.4 Å². The number of ether oxygens (including phenoxy) is 2. The number of carbonyl (C=O) groups is 2. The summed E-state index contributed by atoms with van der Waals surface area (Å²) in [6, 6.07) is 19.4. The predicted octanol–water partition coefficient (Wildman–Crippen LogP) is 6.96. The maximum Gasteiger partial charge on any atom is 0.409 e. The molecule has 4 heterocycles. The van der Waals surface area contributed by atoms with Crippen molar-refractivity contribution in [1.29, 1.82) is 0 Å². The van der Waals surface area contributed by atoms with Crippen molar-refractivity contribution >= 4 is 51.8 Å². The Balaban J connectivity index is 1.16. The van der Waals surface area contributed by atoms with Gasteiger partial charge in [0.05, 0.1) is 17.6 Å². The summed E-state index contributed by atoms with van der Waals surface area (Å²) in [4.78, 5) is 38.3. The van der Waals surface area contributed by atoms with E-state index in [0.717, 1.165) is 38.5 Å². The minimum absolute atomic E-state index is 0.251. The van der Waals surface area contributed by atoms with Gasteiger partial charge in [-0.05, 0) is 48.7 Å². The van der Waals surface area contributed by atoms with Gasteiger partial charge in [-0.25, -0.2) is 14.8 Å². The largest absolute Gasteiger partial charge is 0.484 e. The van der Waals surface area contributed by atoms with Crippen molar-refractivity contribution in [2.24, 2.45) is 11.7 Å². The number of amides is 2. The topological polar surface area (TPSA) is 116 Å². The van der Waals surface area contributed by atoms with E-state index in [1.54, 1.807) is 17.3 Å². The molecule has 1 saturated heterocycles. The second kappa shape index (κ2) is 13.4. The number of hydrogen-bond donors (Lipinski definition) is 1. The number of piperazine rings is 1. The molecule has 3 aromatic heterocycles. The van der Waals surface area contributed by atoms with Gasteiger partial charge in [0.25, 0.3) is 5.91 Å². The highest BCUT2D eigenvalue weighted by molar-refractivity contribution is 7.16. The standard InChI is InChI=1S/C34H35ClN6O4S/c1-21(2)19-44-34(43)40-14-12-39(13-15-40)30-11-9-24(18-37-30)23-8-10-28-27(16-23)38-20-41(28)31-17-29(32(46-31)33(36)42)45-22(3)25-6-4-5-7-26(25)35/h4-11,16-18,20-22H,12-15,19H2,1-3H3,(H2,36,42)/t22-/m1/s1. The minimum atomic E-state index is -0.564.